The third-order valence-electron chi connectivity index (χ3n) is 4.13. The van der Waals surface area contributed by atoms with Crippen molar-refractivity contribution in [1.82, 2.24) is 10.2 Å². The van der Waals surface area contributed by atoms with Crippen molar-refractivity contribution in [3.63, 3.8) is 0 Å². The number of nitrogens with one attached hydrogen (secondary N) is 1. The van der Waals surface area contributed by atoms with E-state index in [4.69, 9.17) is 4.74 Å². The van der Waals surface area contributed by atoms with Gasteiger partial charge in [-0.2, -0.15) is 0 Å². The Kier molecular flexibility index (Phi) is 4.46. The molecule has 2 aromatic carbocycles. The van der Waals surface area contributed by atoms with Gasteiger partial charge in [0.25, 0.3) is 0 Å². The van der Waals surface area contributed by atoms with Crippen LogP contribution in [-0.4, -0.2) is 32.1 Å². The summed E-state index contributed by atoms with van der Waals surface area (Å²) < 4.78 is 6.04. The van der Waals surface area contributed by atoms with E-state index in [0.29, 0.717) is 6.61 Å². The molecule has 22 heavy (non-hydrogen) atoms. The van der Waals surface area contributed by atoms with Gasteiger partial charge in [0, 0.05) is 18.7 Å². The first kappa shape index (κ1) is 15.1. The third-order valence-corrected chi connectivity index (χ3v) is 4.13. The molecule has 3 nitrogen and oxygen atoms in total. The number of rotatable bonds is 4. The van der Waals surface area contributed by atoms with Gasteiger partial charge in [-0.15, -0.1) is 0 Å². The SMILES string of the molecule is Cc1ccc2c(c1)C(NCCN(C)C)c1ccccc1CO2. The smallest absolute Gasteiger partial charge is 0.124 e. The van der Waals surface area contributed by atoms with Crippen molar-refractivity contribution in [1.29, 1.82) is 0 Å². The molecule has 0 bridgehead atoms. The first-order valence-corrected chi connectivity index (χ1v) is 7.84. The van der Waals surface area contributed by atoms with Crippen LogP contribution in [-0.2, 0) is 6.61 Å². The summed E-state index contributed by atoms with van der Waals surface area (Å²) in [6.07, 6.45) is 0. The highest BCUT2D eigenvalue weighted by Gasteiger charge is 2.24. The second-order valence-electron chi connectivity index (χ2n) is 6.22. The van der Waals surface area contributed by atoms with Gasteiger partial charge in [-0.3, -0.25) is 0 Å². The highest BCUT2D eigenvalue weighted by molar-refractivity contribution is 5.47. The highest BCUT2D eigenvalue weighted by atomic mass is 16.5. The van der Waals surface area contributed by atoms with E-state index >= 15 is 0 Å². The topological polar surface area (TPSA) is 24.5 Å². The largest absolute Gasteiger partial charge is 0.489 e. The molecule has 0 saturated carbocycles. The minimum atomic E-state index is 0.188. The molecular weight excluding hydrogens is 272 g/mol. The first-order valence-electron chi connectivity index (χ1n) is 7.84. The van der Waals surface area contributed by atoms with Crippen LogP contribution in [0.2, 0.25) is 0 Å². The Morgan fingerprint density at radius 3 is 2.77 bits per heavy atom. The quantitative estimate of drug-likeness (QED) is 0.938. The fraction of sp³-hybridized carbons (Fsp3) is 0.368. The van der Waals surface area contributed by atoms with Gasteiger partial charge in [-0.25, -0.2) is 0 Å². The van der Waals surface area contributed by atoms with Crippen molar-refractivity contribution in [2.45, 2.75) is 19.6 Å². The van der Waals surface area contributed by atoms with Crippen LogP contribution in [0.5, 0.6) is 5.75 Å². The highest BCUT2D eigenvalue weighted by Crippen LogP contribution is 2.36. The van der Waals surface area contributed by atoms with E-state index in [-0.39, 0.29) is 6.04 Å². The van der Waals surface area contributed by atoms with Crippen molar-refractivity contribution < 1.29 is 4.74 Å². The Balaban J connectivity index is 1.98. The molecule has 0 radical (unpaired) electrons. The molecule has 0 spiro atoms. The summed E-state index contributed by atoms with van der Waals surface area (Å²) in [5.74, 6) is 0.990. The van der Waals surface area contributed by atoms with Gasteiger partial charge < -0.3 is 15.0 Å². The number of hydrogen-bond acceptors (Lipinski definition) is 3. The van der Waals surface area contributed by atoms with Crippen molar-refractivity contribution in [2.24, 2.45) is 0 Å². The molecule has 0 amide bonds. The van der Waals surface area contributed by atoms with E-state index in [9.17, 15) is 0 Å². The molecule has 116 valence electrons. The van der Waals surface area contributed by atoms with Crippen molar-refractivity contribution in [3.05, 3.63) is 64.7 Å². The Labute approximate surface area is 132 Å². The molecule has 0 aliphatic carbocycles. The van der Waals surface area contributed by atoms with Crippen LogP contribution < -0.4 is 10.1 Å². The van der Waals surface area contributed by atoms with Crippen LogP contribution in [0.4, 0.5) is 0 Å². The standard InChI is InChI=1S/C19H24N2O/c1-14-8-9-18-17(12-14)19(20-10-11-21(2)3)16-7-5-4-6-15(16)13-22-18/h4-9,12,19-20H,10-11,13H2,1-3H3. The van der Waals surface area contributed by atoms with Crippen LogP contribution in [0, 0.1) is 6.92 Å². The molecule has 2 aromatic rings. The fourth-order valence-corrected chi connectivity index (χ4v) is 2.95. The maximum atomic E-state index is 6.04. The van der Waals surface area contributed by atoms with Gasteiger partial charge in [0.1, 0.15) is 12.4 Å². The van der Waals surface area contributed by atoms with E-state index in [2.05, 4.69) is 73.7 Å². The van der Waals surface area contributed by atoms with Gasteiger partial charge in [-0.1, -0.05) is 42.0 Å². The zero-order chi connectivity index (χ0) is 15.5. The summed E-state index contributed by atoms with van der Waals surface area (Å²) in [4.78, 5) is 2.20. The maximum Gasteiger partial charge on any atom is 0.124 e. The number of hydrogen-bond donors (Lipinski definition) is 1. The summed E-state index contributed by atoms with van der Waals surface area (Å²) in [7, 11) is 4.20. The summed E-state index contributed by atoms with van der Waals surface area (Å²) >= 11 is 0. The Bertz CT molecular complexity index is 652. The molecule has 0 aromatic heterocycles. The second kappa shape index (κ2) is 6.51. The van der Waals surface area contributed by atoms with Crippen LogP contribution >= 0.6 is 0 Å². The summed E-state index contributed by atoms with van der Waals surface area (Å²) in [5.41, 5.74) is 5.09. The molecule has 0 saturated heterocycles. The lowest BCUT2D eigenvalue weighted by Gasteiger charge is -2.22. The second-order valence-corrected chi connectivity index (χ2v) is 6.22. The number of nitrogens with zero attached hydrogens (tertiary/aromatic N) is 1. The lowest BCUT2D eigenvalue weighted by atomic mass is 9.94. The summed E-state index contributed by atoms with van der Waals surface area (Å²) in [5, 5.41) is 3.71. The monoisotopic (exact) mass is 296 g/mol. The predicted octanol–water partition coefficient (Wildman–Crippen LogP) is 3.13. The summed E-state index contributed by atoms with van der Waals surface area (Å²) in [6, 6.07) is 15.2. The molecule has 3 heteroatoms. The average Bonchev–Trinajstić information content (AvgIpc) is 2.65. The van der Waals surface area contributed by atoms with Crippen molar-refractivity contribution in [2.75, 3.05) is 27.2 Å². The first-order chi connectivity index (χ1) is 10.6. The minimum absolute atomic E-state index is 0.188. The lowest BCUT2D eigenvalue weighted by molar-refractivity contribution is 0.306. The van der Waals surface area contributed by atoms with Crippen LogP contribution in [0.1, 0.15) is 28.3 Å². The molecule has 1 atom stereocenters. The zero-order valence-electron chi connectivity index (χ0n) is 13.6. The molecule has 1 aliphatic heterocycles. The van der Waals surface area contributed by atoms with E-state index < -0.39 is 0 Å². The van der Waals surface area contributed by atoms with Crippen LogP contribution in [0.25, 0.3) is 0 Å². The fourth-order valence-electron chi connectivity index (χ4n) is 2.95. The molecule has 1 unspecified atom stereocenters. The molecule has 0 fully saturated rings. The number of likely N-dealkylation sites (N-methyl/N-ethyl adjacent to an activating group) is 1. The Morgan fingerprint density at radius 2 is 1.95 bits per heavy atom. The van der Waals surface area contributed by atoms with Gasteiger partial charge in [0.05, 0.1) is 6.04 Å². The Morgan fingerprint density at radius 1 is 1.14 bits per heavy atom. The van der Waals surface area contributed by atoms with Crippen LogP contribution in [0.3, 0.4) is 0 Å². The van der Waals surface area contributed by atoms with Crippen LogP contribution in [0.15, 0.2) is 42.5 Å². The van der Waals surface area contributed by atoms with E-state index in [1.807, 2.05) is 0 Å². The molecule has 1 aliphatic rings. The van der Waals surface area contributed by atoms with Gasteiger partial charge in [-0.05, 0) is 38.2 Å². The van der Waals surface area contributed by atoms with Gasteiger partial charge in [0.2, 0.25) is 0 Å². The lowest BCUT2D eigenvalue weighted by Crippen LogP contribution is -2.30. The van der Waals surface area contributed by atoms with Crippen molar-refractivity contribution in [3.8, 4) is 5.75 Å². The van der Waals surface area contributed by atoms with Gasteiger partial charge in [0.15, 0.2) is 0 Å². The maximum absolute atomic E-state index is 6.04. The van der Waals surface area contributed by atoms with E-state index in [0.717, 1.165) is 18.8 Å². The predicted molar refractivity (Wildman–Crippen MR) is 90.4 cm³/mol. The van der Waals surface area contributed by atoms with E-state index in [1.165, 1.54) is 22.3 Å². The minimum Gasteiger partial charge on any atom is -0.489 e. The molecule has 1 N–H and O–H groups in total. The Hall–Kier alpha value is -1.84. The zero-order valence-corrected chi connectivity index (χ0v) is 13.6. The van der Waals surface area contributed by atoms with Gasteiger partial charge >= 0.3 is 0 Å². The molecule has 3 rings (SSSR count). The van der Waals surface area contributed by atoms with Crippen molar-refractivity contribution >= 4 is 0 Å². The number of benzene rings is 2. The summed E-state index contributed by atoms with van der Waals surface area (Å²) in [6.45, 7) is 4.73. The molecular formula is C19H24N2O. The third kappa shape index (κ3) is 3.16. The normalized spacial score (nSPS) is 16.6. The average molecular weight is 296 g/mol. The van der Waals surface area contributed by atoms with E-state index in [1.54, 1.807) is 0 Å². The number of aryl methyl sites for hydroxylation is 1. The number of fused-ring (bicyclic) bond motifs is 2. The molecule has 1 heterocycles. The number of ether oxygens (including phenoxy) is 1.